The van der Waals surface area contributed by atoms with E-state index in [1.807, 2.05) is 6.92 Å². The molecule has 2 N–H and O–H groups in total. The van der Waals surface area contributed by atoms with Crippen molar-refractivity contribution in [3.8, 4) is 0 Å². The fraction of sp³-hybridized carbons (Fsp3) is 0.700. The summed E-state index contributed by atoms with van der Waals surface area (Å²) in [5.74, 6) is 0.588. The van der Waals surface area contributed by atoms with Crippen molar-refractivity contribution in [1.82, 2.24) is 0 Å². The SMILES string of the molecule is C=C(C)CC(=O)C(N)CC(C)C. The molecular weight excluding hydrogens is 150 g/mol. The molecule has 0 bridgehead atoms. The molecule has 2 nitrogen and oxygen atoms in total. The molecule has 0 amide bonds. The van der Waals surface area contributed by atoms with Gasteiger partial charge in [-0.1, -0.05) is 26.0 Å². The monoisotopic (exact) mass is 169 g/mol. The number of hydrogen-bond donors (Lipinski definition) is 1. The second-order valence-electron chi connectivity index (χ2n) is 3.84. The smallest absolute Gasteiger partial charge is 0.153 e. The summed E-state index contributed by atoms with van der Waals surface area (Å²) in [5.41, 5.74) is 6.56. The third kappa shape index (κ3) is 5.08. The number of ketones is 1. The average Bonchev–Trinajstić information content (AvgIpc) is 1.84. The van der Waals surface area contributed by atoms with Crippen LogP contribution in [-0.4, -0.2) is 11.8 Å². The van der Waals surface area contributed by atoms with Crippen LogP contribution in [0.25, 0.3) is 0 Å². The Balaban J connectivity index is 3.85. The van der Waals surface area contributed by atoms with E-state index in [0.717, 1.165) is 12.0 Å². The Hall–Kier alpha value is -0.630. The van der Waals surface area contributed by atoms with E-state index >= 15 is 0 Å². The minimum atomic E-state index is -0.304. The summed E-state index contributed by atoms with van der Waals surface area (Å²) in [6.07, 6.45) is 1.19. The molecule has 0 heterocycles. The molecule has 0 aromatic rings. The van der Waals surface area contributed by atoms with Gasteiger partial charge in [-0.15, -0.1) is 0 Å². The maximum Gasteiger partial charge on any atom is 0.153 e. The highest BCUT2D eigenvalue weighted by atomic mass is 16.1. The van der Waals surface area contributed by atoms with E-state index in [4.69, 9.17) is 5.73 Å². The lowest BCUT2D eigenvalue weighted by molar-refractivity contribution is -0.119. The normalized spacial score (nSPS) is 13.1. The molecule has 0 fully saturated rings. The summed E-state index contributed by atoms with van der Waals surface area (Å²) in [6, 6.07) is -0.304. The van der Waals surface area contributed by atoms with Gasteiger partial charge in [-0.2, -0.15) is 0 Å². The number of allylic oxidation sites excluding steroid dienone is 1. The van der Waals surface area contributed by atoms with E-state index in [2.05, 4.69) is 20.4 Å². The van der Waals surface area contributed by atoms with Gasteiger partial charge in [0.15, 0.2) is 5.78 Å². The number of Topliss-reactive ketones (excluding diaryl/α,β-unsaturated/α-hetero) is 1. The Bertz CT molecular complexity index is 173. The second kappa shape index (κ2) is 5.09. The van der Waals surface area contributed by atoms with Gasteiger partial charge < -0.3 is 5.73 Å². The Morgan fingerprint density at radius 2 is 2.00 bits per heavy atom. The Morgan fingerprint density at radius 1 is 1.50 bits per heavy atom. The molecule has 1 atom stereocenters. The number of nitrogens with two attached hydrogens (primary N) is 1. The van der Waals surface area contributed by atoms with E-state index < -0.39 is 0 Å². The summed E-state index contributed by atoms with van der Waals surface area (Å²) in [5, 5.41) is 0. The fourth-order valence-electron chi connectivity index (χ4n) is 1.07. The van der Waals surface area contributed by atoms with E-state index in [9.17, 15) is 4.79 Å². The molecule has 0 saturated heterocycles. The summed E-state index contributed by atoms with van der Waals surface area (Å²) in [4.78, 5) is 11.3. The zero-order valence-electron chi connectivity index (χ0n) is 8.26. The van der Waals surface area contributed by atoms with Crippen molar-refractivity contribution in [1.29, 1.82) is 0 Å². The van der Waals surface area contributed by atoms with Crippen LogP contribution in [0, 0.1) is 5.92 Å². The highest BCUT2D eigenvalue weighted by molar-refractivity contribution is 5.85. The van der Waals surface area contributed by atoms with Gasteiger partial charge in [-0.05, 0) is 19.3 Å². The summed E-state index contributed by atoms with van der Waals surface area (Å²) >= 11 is 0. The van der Waals surface area contributed by atoms with Crippen molar-refractivity contribution in [2.75, 3.05) is 0 Å². The third-order valence-corrected chi connectivity index (χ3v) is 1.61. The third-order valence-electron chi connectivity index (χ3n) is 1.61. The second-order valence-corrected chi connectivity index (χ2v) is 3.84. The Morgan fingerprint density at radius 3 is 2.33 bits per heavy atom. The summed E-state index contributed by atoms with van der Waals surface area (Å²) in [6.45, 7) is 9.65. The molecule has 0 rings (SSSR count). The predicted octanol–water partition coefficient (Wildman–Crippen LogP) is 1.90. The van der Waals surface area contributed by atoms with E-state index in [1.165, 1.54) is 0 Å². The number of carbonyl (C=O) groups excluding carboxylic acids is 1. The van der Waals surface area contributed by atoms with Crippen LogP contribution in [0.4, 0.5) is 0 Å². The van der Waals surface area contributed by atoms with Gasteiger partial charge in [-0.25, -0.2) is 0 Å². The number of hydrogen-bond acceptors (Lipinski definition) is 2. The van der Waals surface area contributed by atoms with Gasteiger partial charge in [0.25, 0.3) is 0 Å². The topological polar surface area (TPSA) is 43.1 Å². The number of rotatable bonds is 5. The van der Waals surface area contributed by atoms with Crippen LogP contribution in [-0.2, 0) is 4.79 Å². The van der Waals surface area contributed by atoms with E-state index in [0.29, 0.717) is 12.3 Å². The molecule has 2 heteroatoms. The molecule has 0 aliphatic heterocycles. The predicted molar refractivity (Wildman–Crippen MR) is 51.9 cm³/mol. The minimum Gasteiger partial charge on any atom is -0.321 e. The first kappa shape index (κ1) is 11.4. The molecule has 1 unspecified atom stereocenters. The van der Waals surface area contributed by atoms with Crippen LogP contribution in [0.5, 0.6) is 0 Å². The molecule has 12 heavy (non-hydrogen) atoms. The zero-order valence-corrected chi connectivity index (χ0v) is 8.26. The summed E-state index contributed by atoms with van der Waals surface area (Å²) in [7, 11) is 0. The maximum absolute atomic E-state index is 11.3. The molecule has 0 aromatic carbocycles. The first-order valence-corrected chi connectivity index (χ1v) is 4.36. The van der Waals surface area contributed by atoms with Gasteiger partial charge in [0.05, 0.1) is 6.04 Å². The van der Waals surface area contributed by atoms with Crippen LogP contribution < -0.4 is 5.73 Å². The van der Waals surface area contributed by atoms with Crippen molar-refractivity contribution in [3.63, 3.8) is 0 Å². The minimum absolute atomic E-state index is 0.108. The standard InChI is InChI=1S/C10H19NO/c1-7(2)5-9(11)10(12)6-8(3)4/h7,9H,3,5-6,11H2,1-2,4H3. The molecule has 0 radical (unpaired) electrons. The molecule has 0 aromatic heterocycles. The summed E-state index contributed by atoms with van der Waals surface area (Å²) < 4.78 is 0. The van der Waals surface area contributed by atoms with Crippen LogP contribution in [0.2, 0.25) is 0 Å². The quantitative estimate of drug-likeness (QED) is 0.639. The highest BCUT2D eigenvalue weighted by Gasteiger charge is 2.14. The van der Waals surface area contributed by atoms with Gasteiger partial charge in [0.2, 0.25) is 0 Å². The van der Waals surface area contributed by atoms with Crippen molar-refractivity contribution < 1.29 is 4.79 Å². The molecule has 0 aliphatic carbocycles. The van der Waals surface area contributed by atoms with Crippen molar-refractivity contribution in [3.05, 3.63) is 12.2 Å². The lowest BCUT2D eigenvalue weighted by atomic mass is 9.98. The maximum atomic E-state index is 11.3. The first-order chi connectivity index (χ1) is 5.43. The van der Waals surface area contributed by atoms with Crippen molar-refractivity contribution in [2.45, 2.75) is 39.7 Å². The molecule has 70 valence electrons. The van der Waals surface area contributed by atoms with Crippen molar-refractivity contribution >= 4 is 5.78 Å². The Labute approximate surface area is 74.8 Å². The van der Waals surface area contributed by atoms with Gasteiger partial charge >= 0.3 is 0 Å². The fourth-order valence-corrected chi connectivity index (χ4v) is 1.07. The highest BCUT2D eigenvalue weighted by Crippen LogP contribution is 2.07. The van der Waals surface area contributed by atoms with E-state index in [1.54, 1.807) is 0 Å². The lowest BCUT2D eigenvalue weighted by Gasteiger charge is -2.12. The first-order valence-electron chi connectivity index (χ1n) is 4.36. The van der Waals surface area contributed by atoms with Gasteiger partial charge in [0, 0.05) is 6.42 Å². The Kier molecular flexibility index (Phi) is 4.83. The largest absolute Gasteiger partial charge is 0.321 e. The van der Waals surface area contributed by atoms with Gasteiger partial charge in [-0.3, -0.25) is 4.79 Å². The lowest BCUT2D eigenvalue weighted by Crippen LogP contribution is -2.31. The van der Waals surface area contributed by atoms with Crippen molar-refractivity contribution in [2.24, 2.45) is 11.7 Å². The van der Waals surface area contributed by atoms with Gasteiger partial charge in [0.1, 0.15) is 0 Å². The van der Waals surface area contributed by atoms with Crippen LogP contribution in [0.15, 0.2) is 12.2 Å². The molecule has 0 spiro atoms. The molecule has 0 saturated carbocycles. The molecule has 0 aliphatic rings. The van der Waals surface area contributed by atoms with E-state index in [-0.39, 0.29) is 11.8 Å². The zero-order chi connectivity index (χ0) is 9.72. The number of carbonyl (C=O) groups is 1. The van der Waals surface area contributed by atoms with Crippen LogP contribution in [0.1, 0.15) is 33.6 Å². The average molecular weight is 169 g/mol. The van der Waals surface area contributed by atoms with Crippen LogP contribution in [0.3, 0.4) is 0 Å². The molecular formula is C10H19NO. The van der Waals surface area contributed by atoms with Crippen LogP contribution >= 0.6 is 0 Å².